The zero-order chi connectivity index (χ0) is 12.9. The highest BCUT2D eigenvalue weighted by molar-refractivity contribution is 7.92. The van der Waals surface area contributed by atoms with Crippen LogP contribution in [-0.4, -0.2) is 27.1 Å². The standard InChI is InChI=1S/C11H13ClN2O2S/c1-14(17(15,16)7-3-6-12)11-5-2-4-10(8-11)9-13/h2,4-5,8H,3,6-7H2,1H3. The van der Waals surface area contributed by atoms with Crippen LogP contribution in [0.3, 0.4) is 0 Å². The highest BCUT2D eigenvalue weighted by atomic mass is 35.5. The van der Waals surface area contributed by atoms with Crippen LogP contribution in [0.25, 0.3) is 0 Å². The predicted octanol–water partition coefficient (Wildman–Crippen LogP) is 1.95. The van der Waals surface area contributed by atoms with E-state index < -0.39 is 10.0 Å². The zero-order valence-electron chi connectivity index (χ0n) is 9.43. The molecule has 6 heteroatoms. The molecule has 0 saturated heterocycles. The minimum Gasteiger partial charge on any atom is -0.273 e. The van der Waals surface area contributed by atoms with Gasteiger partial charge in [-0.25, -0.2) is 8.42 Å². The van der Waals surface area contributed by atoms with E-state index in [0.29, 0.717) is 23.6 Å². The second kappa shape index (κ2) is 5.89. The molecule has 4 nitrogen and oxygen atoms in total. The highest BCUT2D eigenvalue weighted by Gasteiger charge is 2.17. The molecular weight excluding hydrogens is 260 g/mol. The fourth-order valence-corrected chi connectivity index (χ4v) is 2.82. The van der Waals surface area contributed by atoms with Gasteiger partial charge in [-0.05, 0) is 24.6 Å². The molecule has 0 aromatic heterocycles. The molecular formula is C11H13ClN2O2S. The average molecular weight is 273 g/mol. The van der Waals surface area contributed by atoms with E-state index in [1.54, 1.807) is 18.2 Å². The summed E-state index contributed by atoms with van der Waals surface area (Å²) in [7, 11) is -1.89. The van der Waals surface area contributed by atoms with Gasteiger partial charge in [0, 0.05) is 12.9 Å². The first-order valence-corrected chi connectivity index (χ1v) is 7.18. The fourth-order valence-electron chi connectivity index (χ4n) is 1.31. The SMILES string of the molecule is CN(c1cccc(C#N)c1)S(=O)(=O)CCCCl. The van der Waals surface area contributed by atoms with Gasteiger partial charge in [-0.2, -0.15) is 5.26 Å². The molecule has 0 fully saturated rings. The Labute approximate surface area is 106 Å². The number of rotatable bonds is 5. The second-order valence-corrected chi connectivity index (χ2v) is 5.99. The maximum absolute atomic E-state index is 11.9. The summed E-state index contributed by atoms with van der Waals surface area (Å²) in [6.45, 7) is 0. The number of sulfonamides is 1. The van der Waals surface area contributed by atoms with Crippen molar-refractivity contribution in [1.82, 2.24) is 0 Å². The number of halogens is 1. The molecule has 0 bridgehead atoms. The lowest BCUT2D eigenvalue weighted by Gasteiger charge is -2.19. The van der Waals surface area contributed by atoms with Gasteiger partial charge in [0.15, 0.2) is 0 Å². The van der Waals surface area contributed by atoms with Crippen LogP contribution >= 0.6 is 11.6 Å². The predicted molar refractivity (Wildman–Crippen MR) is 68.7 cm³/mol. The Morgan fingerprint density at radius 3 is 2.76 bits per heavy atom. The summed E-state index contributed by atoms with van der Waals surface area (Å²) in [5, 5.41) is 8.75. The molecule has 0 heterocycles. The molecule has 0 aliphatic heterocycles. The van der Waals surface area contributed by atoms with Gasteiger partial charge in [0.1, 0.15) is 0 Å². The quantitative estimate of drug-likeness (QED) is 0.770. The summed E-state index contributed by atoms with van der Waals surface area (Å²) < 4.78 is 24.9. The van der Waals surface area contributed by atoms with Gasteiger partial charge in [0.2, 0.25) is 10.0 Å². The molecule has 0 unspecified atom stereocenters. The van der Waals surface area contributed by atoms with Crippen LogP contribution in [0.4, 0.5) is 5.69 Å². The van der Waals surface area contributed by atoms with Crippen LogP contribution in [0.5, 0.6) is 0 Å². The van der Waals surface area contributed by atoms with Crippen molar-refractivity contribution in [1.29, 1.82) is 5.26 Å². The van der Waals surface area contributed by atoms with E-state index in [0.717, 1.165) is 0 Å². The van der Waals surface area contributed by atoms with Crippen LogP contribution in [0.15, 0.2) is 24.3 Å². The third-order valence-electron chi connectivity index (χ3n) is 2.29. The number of nitriles is 1. The molecule has 0 amide bonds. The third-order valence-corrected chi connectivity index (χ3v) is 4.41. The lowest BCUT2D eigenvalue weighted by molar-refractivity contribution is 0.593. The summed E-state index contributed by atoms with van der Waals surface area (Å²) in [5.41, 5.74) is 0.917. The lowest BCUT2D eigenvalue weighted by Crippen LogP contribution is -2.29. The Bertz CT molecular complexity index is 523. The van der Waals surface area contributed by atoms with Crippen LogP contribution < -0.4 is 4.31 Å². The van der Waals surface area contributed by atoms with E-state index >= 15 is 0 Å². The Kier molecular flexibility index (Phi) is 4.79. The van der Waals surface area contributed by atoms with Gasteiger partial charge in [0.25, 0.3) is 0 Å². The van der Waals surface area contributed by atoms with Gasteiger partial charge in [0.05, 0.1) is 23.1 Å². The molecule has 0 radical (unpaired) electrons. The summed E-state index contributed by atoms with van der Waals surface area (Å²) in [5.74, 6) is 0.315. The van der Waals surface area contributed by atoms with Gasteiger partial charge in [-0.1, -0.05) is 6.07 Å². The van der Waals surface area contributed by atoms with E-state index in [4.69, 9.17) is 16.9 Å². The molecule has 0 N–H and O–H groups in total. The normalized spacial score (nSPS) is 10.9. The second-order valence-electron chi connectivity index (χ2n) is 3.49. The molecule has 1 rings (SSSR count). The van der Waals surface area contributed by atoms with Gasteiger partial charge >= 0.3 is 0 Å². The maximum Gasteiger partial charge on any atom is 0.234 e. The van der Waals surface area contributed by atoms with Gasteiger partial charge in [-0.3, -0.25) is 4.31 Å². The summed E-state index contributed by atoms with van der Waals surface area (Å²) >= 11 is 5.48. The summed E-state index contributed by atoms with van der Waals surface area (Å²) in [6, 6.07) is 8.45. The number of hydrogen-bond acceptors (Lipinski definition) is 3. The molecule has 17 heavy (non-hydrogen) atoms. The number of anilines is 1. The smallest absolute Gasteiger partial charge is 0.234 e. The minimum atomic E-state index is -3.36. The zero-order valence-corrected chi connectivity index (χ0v) is 11.0. The Morgan fingerprint density at radius 2 is 2.18 bits per heavy atom. The van der Waals surface area contributed by atoms with Crippen LogP contribution in [0.1, 0.15) is 12.0 Å². The first-order chi connectivity index (χ1) is 8.01. The molecule has 0 spiro atoms. The number of alkyl halides is 1. The number of benzene rings is 1. The molecule has 0 aliphatic carbocycles. The minimum absolute atomic E-state index is 0.00375. The van der Waals surface area contributed by atoms with Crippen molar-refractivity contribution in [2.45, 2.75) is 6.42 Å². The molecule has 0 aliphatic rings. The average Bonchev–Trinajstić information content (AvgIpc) is 2.35. The van der Waals surface area contributed by atoms with E-state index in [1.165, 1.54) is 17.4 Å². The van der Waals surface area contributed by atoms with Crippen molar-refractivity contribution in [3.8, 4) is 6.07 Å². The summed E-state index contributed by atoms with van der Waals surface area (Å²) in [4.78, 5) is 0. The van der Waals surface area contributed by atoms with Crippen LogP contribution in [-0.2, 0) is 10.0 Å². The molecule has 92 valence electrons. The van der Waals surface area contributed by atoms with E-state index in [9.17, 15) is 8.42 Å². The molecule has 0 atom stereocenters. The Hall–Kier alpha value is -1.25. The van der Waals surface area contributed by atoms with Crippen molar-refractivity contribution in [3.63, 3.8) is 0 Å². The van der Waals surface area contributed by atoms with Crippen molar-refractivity contribution < 1.29 is 8.42 Å². The van der Waals surface area contributed by atoms with Crippen molar-refractivity contribution in [2.24, 2.45) is 0 Å². The Morgan fingerprint density at radius 1 is 1.47 bits per heavy atom. The van der Waals surface area contributed by atoms with E-state index in [-0.39, 0.29) is 5.75 Å². The topological polar surface area (TPSA) is 61.2 Å². The monoisotopic (exact) mass is 272 g/mol. The largest absolute Gasteiger partial charge is 0.273 e. The molecule has 1 aromatic rings. The number of nitrogens with zero attached hydrogens (tertiary/aromatic N) is 2. The van der Waals surface area contributed by atoms with E-state index in [1.807, 2.05) is 6.07 Å². The van der Waals surface area contributed by atoms with Crippen molar-refractivity contribution in [2.75, 3.05) is 23.0 Å². The number of hydrogen-bond donors (Lipinski definition) is 0. The van der Waals surface area contributed by atoms with Gasteiger partial charge < -0.3 is 0 Å². The highest BCUT2D eigenvalue weighted by Crippen LogP contribution is 2.18. The van der Waals surface area contributed by atoms with Crippen molar-refractivity contribution >= 4 is 27.3 Å². The lowest BCUT2D eigenvalue weighted by atomic mass is 10.2. The maximum atomic E-state index is 11.9. The third kappa shape index (κ3) is 3.62. The van der Waals surface area contributed by atoms with Crippen LogP contribution in [0, 0.1) is 11.3 Å². The summed E-state index contributed by atoms with van der Waals surface area (Å²) in [6.07, 6.45) is 0.409. The Balaban J connectivity index is 2.96. The molecule has 1 aromatic carbocycles. The molecule has 0 saturated carbocycles. The van der Waals surface area contributed by atoms with Crippen molar-refractivity contribution in [3.05, 3.63) is 29.8 Å². The first-order valence-electron chi connectivity index (χ1n) is 5.04. The fraction of sp³-hybridized carbons (Fsp3) is 0.364. The van der Waals surface area contributed by atoms with Crippen LogP contribution in [0.2, 0.25) is 0 Å². The van der Waals surface area contributed by atoms with E-state index in [2.05, 4.69) is 0 Å². The first kappa shape index (κ1) is 13.8. The van der Waals surface area contributed by atoms with Gasteiger partial charge in [-0.15, -0.1) is 11.6 Å².